The molecule has 1 N–H and O–H groups in total. The van der Waals surface area contributed by atoms with Crippen molar-refractivity contribution in [1.82, 2.24) is 5.32 Å². The van der Waals surface area contributed by atoms with Gasteiger partial charge in [-0.15, -0.1) is 0 Å². The molecular weight excluding hydrogens is 178 g/mol. The summed E-state index contributed by atoms with van der Waals surface area (Å²) in [6, 6.07) is 6.56. The number of rotatable bonds is 1. The van der Waals surface area contributed by atoms with Gasteiger partial charge in [0.2, 0.25) is 6.79 Å². The van der Waals surface area contributed by atoms with Gasteiger partial charge in [-0.1, -0.05) is 12.1 Å². The molecule has 1 fully saturated rings. The highest BCUT2D eigenvalue weighted by Crippen LogP contribution is 2.40. The van der Waals surface area contributed by atoms with Gasteiger partial charge in [0, 0.05) is 11.6 Å². The Bertz CT molecular complexity index is 345. The van der Waals surface area contributed by atoms with E-state index in [-0.39, 0.29) is 0 Å². The molecule has 0 spiro atoms. The molecule has 0 aromatic heterocycles. The largest absolute Gasteiger partial charge is 0.454 e. The number of hydrogen-bond donors (Lipinski definition) is 1. The maximum Gasteiger partial charge on any atom is 0.231 e. The van der Waals surface area contributed by atoms with Crippen LogP contribution in [-0.2, 0) is 0 Å². The van der Waals surface area contributed by atoms with Gasteiger partial charge in [0.15, 0.2) is 11.5 Å². The summed E-state index contributed by atoms with van der Waals surface area (Å²) in [5, 5.41) is 3.47. The van der Waals surface area contributed by atoms with E-state index >= 15 is 0 Å². The van der Waals surface area contributed by atoms with Crippen LogP contribution in [0.15, 0.2) is 18.2 Å². The number of benzene rings is 1. The second-order valence-corrected chi connectivity index (χ2v) is 3.73. The van der Waals surface area contributed by atoms with Crippen LogP contribution in [0.4, 0.5) is 0 Å². The SMILES string of the molecule is c1cc2c(c([C@H]3CCCN3)c1)OCO2. The minimum Gasteiger partial charge on any atom is -0.454 e. The molecule has 1 aromatic rings. The summed E-state index contributed by atoms with van der Waals surface area (Å²) in [7, 11) is 0. The lowest BCUT2D eigenvalue weighted by molar-refractivity contribution is 0.173. The van der Waals surface area contributed by atoms with Crippen LogP contribution in [0, 0.1) is 0 Å². The minimum absolute atomic E-state index is 0.360. The molecule has 14 heavy (non-hydrogen) atoms. The zero-order valence-electron chi connectivity index (χ0n) is 7.95. The first-order valence-electron chi connectivity index (χ1n) is 5.07. The maximum atomic E-state index is 5.48. The smallest absolute Gasteiger partial charge is 0.231 e. The summed E-state index contributed by atoms with van der Waals surface area (Å²) >= 11 is 0. The van der Waals surface area contributed by atoms with Crippen molar-refractivity contribution in [1.29, 1.82) is 0 Å². The van der Waals surface area contributed by atoms with E-state index in [1.165, 1.54) is 18.4 Å². The summed E-state index contributed by atoms with van der Waals surface area (Å²) in [6.45, 7) is 1.47. The highest BCUT2D eigenvalue weighted by molar-refractivity contribution is 5.49. The second-order valence-electron chi connectivity index (χ2n) is 3.73. The molecule has 3 heteroatoms. The highest BCUT2D eigenvalue weighted by atomic mass is 16.7. The van der Waals surface area contributed by atoms with Crippen LogP contribution in [0.1, 0.15) is 24.4 Å². The fraction of sp³-hybridized carbons (Fsp3) is 0.455. The molecular formula is C11H13NO2. The quantitative estimate of drug-likeness (QED) is 0.734. The zero-order valence-corrected chi connectivity index (χ0v) is 7.95. The Morgan fingerprint density at radius 3 is 3.14 bits per heavy atom. The van der Waals surface area contributed by atoms with Crippen LogP contribution >= 0.6 is 0 Å². The molecule has 0 aliphatic carbocycles. The summed E-state index contributed by atoms with van der Waals surface area (Å²) < 4.78 is 10.8. The Morgan fingerprint density at radius 1 is 1.29 bits per heavy atom. The normalized spacial score (nSPS) is 24.1. The van der Waals surface area contributed by atoms with Gasteiger partial charge in [-0.2, -0.15) is 0 Å². The van der Waals surface area contributed by atoms with Crippen LogP contribution in [0.2, 0.25) is 0 Å². The maximum absolute atomic E-state index is 5.48. The molecule has 1 atom stereocenters. The molecule has 0 saturated carbocycles. The summed E-state index contributed by atoms with van der Waals surface area (Å²) in [5.74, 6) is 1.82. The molecule has 0 radical (unpaired) electrons. The van der Waals surface area contributed by atoms with Gasteiger partial charge in [0.25, 0.3) is 0 Å². The van der Waals surface area contributed by atoms with Crippen molar-refractivity contribution in [3.63, 3.8) is 0 Å². The molecule has 0 unspecified atom stereocenters. The standard InChI is InChI=1S/C11H13NO2/c1-3-8(9-4-2-6-12-9)11-10(5-1)13-7-14-11/h1,3,5,9,12H,2,4,6-7H2/t9-/m1/s1. The fourth-order valence-electron chi connectivity index (χ4n) is 2.18. The minimum atomic E-state index is 0.360. The molecule has 1 saturated heterocycles. The lowest BCUT2D eigenvalue weighted by atomic mass is 10.0. The third kappa shape index (κ3) is 1.16. The number of ether oxygens (including phenoxy) is 2. The number of hydrogen-bond acceptors (Lipinski definition) is 3. The van der Waals surface area contributed by atoms with Crippen LogP contribution in [0.3, 0.4) is 0 Å². The number of para-hydroxylation sites is 1. The summed E-state index contributed by atoms with van der Waals surface area (Å²) in [6.07, 6.45) is 2.44. The van der Waals surface area contributed by atoms with Crippen LogP contribution in [0.5, 0.6) is 11.5 Å². The van der Waals surface area contributed by atoms with E-state index in [0.717, 1.165) is 18.0 Å². The third-order valence-electron chi connectivity index (χ3n) is 2.86. The van der Waals surface area contributed by atoms with Gasteiger partial charge in [-0.25, -0.2) is 0 Å². The average Bonchev–Trinajstić information content (AvgIpc) is 2.88. The Balaban J connectivity index is 2.00. The van der Waals surface area contributed by atoms with Crippen molar-refractivity contribution in [3.05, 3.63) is 23.8 Å². The third-order valence-corrected chi connectivity index (χ3v) is 2.86. The van der Waals surface area contributed by atoms with Gasteiger partial charge >= 0.3 is 0 Å². The van der Waals surface area contributed by atoms with E-state index in [1.54, 1.807) is 0 Å². The van der Waals surface area contributed by atoms with Crippen LogP contribution in [-0.4, -0.2) is 13.3 Å². The molecule has 2 heterocycles. The molecule has 2 aliphatic heterocycles. The van der Waals surface area contributed by atoms with Crippen LogP contribution in [0.25, 0.3) is 0 Å². The molecule has 2 aliphatic rings. The van der Waals surface area contributed by atoms with Gasteiger partial charge < -0.3 is 14.8 Å². The van der Waals surface area contributed by atoms with Crippen molar-refractivity contribution in [3.8, 4) is 11.5 Å². The Labute approximate surface area is 83.0 Å². The molecule has 0 bridgehead atoms. The lowest BCUT2D eigenvalue weighted by Gasteiger charge is -2.12. The Morgan fingerprint density at radius 2 is 2.29 bits per heavy atom. The zero-order chi connectivity index (χ0) is 9.38. The summed E-state index contributed by atoms with van der Waals surface area (Å²) in [4.78, 5) is 0. The van der Waals surface area contributed by atoms with Gasteiger partial charge in [0.05, 0.1) is 0 Å². The van der Waals surface area contributed by atoms with Crippen molar-refractivity contribution >= 4 is 0 Å². The van der Waals surface area contributed by atoms with E-state index < -0.39 is 0 Å². The Kier molecular flexibility index (Phi) is 1.84. The molecule has 3 rings (SSSR count). The number of fused-ring (bicyclic) bond motifs is 1. The van der Waals surface area contributed by atoms with Crippen molar-refractivity contribution in [2.45, 2.75) is 18.9 Å². The Hall–Kier alpha value is -1.22. The highest BCUT2D eigenvalue weighted by Gasteiger charge is 2.24. The topological polar surface area (TPSA) is 30.5 Å². The van der Waals surface area contributed by atoms with E-state index in [9.17, 15) is 0 Å². The molecule has 3 nitrogen and oxygen atoms in total. The van der Waals surface area contributed by atoms with Gasteiger partial charge in [-0.05, 0) is 25.5 Å². The lowest BCUT2D eigenvalue weighted by Crippen LogP contribution is -2.13. The van der Waals surface area contributed by atoms with Crippen molar-refractivity contribution in [2.24, 2.45) is 0 Å². The monoisotopic (exact) mass is 191 g/mol. The van der Waals surface area contributed by atoms with Gasteiger partial charge in [0.1, 0.15) is 0 Å². The van der Waals surface area contributed by atoms with Crippen molar-refractivity contribution in [2.75, 3.05) is 13.3 Å². The van der Waals surface area contributed by atoms with E-state index in [0.29, 0.717) is 12.8 Å². The first kappa shape index (κ1) is 8.12. The molecule has 74 valence electrons. The van der Waals surface area contributed by atoms with E-state index in [1.807, 2.05) is 12.1 Å². The predicted molar refractivity (Wildman–Crippen MR) is 52.5 cm³/mol. The van der Waals surface area contributed by atoms with Crippen molar-refractivity contribution < 1.29 is 9.47 Å². The average molecular weight is 191 g/mol. The molecule has 0 amide bonds. The van der Waals surface area contributed by atoms with E-state index in [4.69, 9.17) is 9.47 Å². The van der Waals surface area contributed by atoms with Crippen LogP contribution < -0.4 is 14.8 Å². The number of nitrogens with one attached hydrogen (secondary N) is 1. The first-order valence-corrected chi connectivity index (χ1v) is 5.07. The van der Waals surface area contributed by atoms with E-state index in [2.05, 4.69) is 11.4 Å². The predicted octanol–water partition coefficient (Wildman–Crippen LogP) is 1.84. The summed E-state index contributed by atoms with van der Waals surface area (Å²) in [5.41, 5.74) is 1.25. The first-order chi connectivity index (χ1) is 6.95. The fourth-order valence-corrected chi connectivity index (χ4v) is 2.18. The molecule has 1 aromatic carbocycles. The van der Waals surface area contributed by atoms with Gasteiger partial charge in [-0.3, -0.25) is 0 Å². The second kappa shape index (κ2) is 3.17.